The fourth-order valence-electron chi connectivity index (χ4n) is 2.48. The van der Waals surface area contributed by atoms with Crippen LogP contribution in [0.3, 0.4) is 0 Å². The van der Waals surface area contributed by atoms with Gasteiger partial charge in [-0.2, -0.15) is 0 Å². The summed E-state index contributed by atoms with van der Waals surface area (Å²) in [6.07, 6.45) is 2.43. The van der Waals surface area contributed by atoms with E-state index >= 15 is 0 Å². The summed E-state index contributed by atoms with van der Waals surface area (Å²) >= 11 is 0. The highest BCUT2D eigenvalue weighted by Crippen LogP contribution is 2.21. The average Bonchev–Trinajstić information content (AvgIpc) is 3.02. The molecule has 124 valence electrons. The van der Waals surface area contributed by atoms with Gasteiger partial charge in [-0.3, -0.25) is 4.79 Å². The number of nitrogens with zero attached hydrogens (tertiary/aromatic N) is 1. The van der Waals surface area contributed by atoms with Gasteiger partial charge in [0.2, 0.25) is 10.0 Å². The molecule has 23 heavy (non-hydrogen) atoms. The van der Waals surface area contributed by atoms with Gasteiger partial charge >= 0.3 is 5.97 Å². The maximum atomic E-state index is 12.5. The van der Waals surface area contributed by atoms with Gasteiger partial charge in [0, 0.05) is 18.7 Å². The van der Waals surface area contributed by atoms with Gasteiger partial charge < -0.3 is 10.0 Å². The largest absolute Gasteiger partial charge is 0.480 e. The van der Waals surface area contributed by atoms with Crippen molar-refractivity contribution >= 4 is 21.9 Å². The van der Waals surface area contributed by atoms with Gasteiger partial charge in [0.1, 0.15) is 6.04 Å². The van der Waals surface area contributed by atoms with E-state index in [1.807, 2.05) is 0 Å². The number of benzene rings is 1. The Labute approximate surface area is 134 Å². The fraction of sp³-hybridized carbons (Fsp3) is 0.333. The molecule has 1 aromatic carbocycles. The Bertz CT molecular complexity index is 729. The van der Waals surface area contributed by atoms with Crippen LogP contribution in [0.2, 0.25) is 0 Å². The summed E-state index contributed by atoms with van der Waals surface area (Å²) in [6, 6.07) is 4.71. The lowest BCUT2D eigenvalue weighted by Crippen LogP contribution is -2.40. The highest BCUT2D eigenvalue weighted by molar-refractivity contribution is 7.89. The predicted octanol–water partition coefficient (Wildman–Crippen LogP) is 0.840. The number of rotatable bonds is 6. The van der Waals surface area contributed by atoms with Gasteiger partial charge in [-0.25, -0.2) is 17.9 Å². The second-order valence-electron chi connectivity index (χ2n) is 5.16. The number of nitrogens with one attached hydrogen (secondary N) is 1. The van der Waals surface area contributed by atoms with Crippen LogP contribution in [-0.2, 0) is 14.8 Å². The maximum absolute atomic E-state index is 12.5. The third-order valence-electron chi connectivity index (χ3n) is 3.61. The molecular formula is C15H18N2O5S. The number of hydrogen-bond donors (Lipinski definition) is 2. The van der Waals surface area contributed by atoms with E-state index in [2.05, 4.69) is 11.3 Å². The molecular weight excluding hydrogens is 320 g/mol. The molecule has 1 amide bonds. The van der Waals surface area contributed by atoms with Gasteiger partial charge in [0.25, 0.3) is 5.91 Å². The van der Waals surface area contributed by atoms with Crippen LogP contribution in [0.4, 0.5) is 0 Å². The standard InChI is InChI=1S/C15H18N2O5S/c1-2-8-16-23(21,22)12-6-3-5-11(10-12)14(18)17-9-4-7-13(17)15(19)20/h2-3,5-6,10,13,16H,1,4,7-9H2,(H,19,20)/t13-/m1/s1. The Hall–Kier alpha value is -2.19. The van der Waals surface area contributed by atoms with Crippen LogP contribution in [0.1, 0.15) is 23.2 Å². The second kappa shape index (κ2) is 6.93. The second-order valence-corrected chi connectivity index (χ2v) is 6.93. The molecule has 1 heterocycles. The van der Waals surface area contributed by atoms with Crippen molar-refractivity contribution < 1.29 is 23.1 Å². The van der Waals surface area contributed by atoms with Crippen LogP contribution < -0.4 is 4.72 Å². The Morgan fingerprint density at radius 2 is 2.17 bits per heavy atom. The molecule has 1 aromatic rings. The zero-order chi connectivity index (χ0) is 17.0. The summed E-state index contributed by atoms with van der Waals surface area (Å²) in [7, 11) is -3.74. The van der Waals surface area contributed by atoms with Crippen LogP contribution >= 0.6 is 0 Å². The first-order valence-corrected chi connectivity index (χ1v) is 8.59. The number of amides is 1. The van der Waals surface area contributed by atoms with E-state index in [9.17, 15) is 18.0 Å². The minimum absolute atomic E-state index is 0.0451. The van der Waals surface area contributed by atoms with E-state index in [0.29, 0.717) is 19.4 Å². The molecule has 0 bridgehead atoms. The number of carbonyl (C=O) groups excluding carboxylic acids is 1. The number of hydrogen-bond acceptors (Lipinski definition) is 4. The van der Waals surface area contributed by atoms with E-state index in [4.69, 9.17) is 5.11 Å². The first-order chi connectivity index (χ1) is 10.9. The van der Waals surface area contributed by atoms with Crippen molar-refractivity contribution in [3.63, 3.8) is 0 Å². The van der Waals surface area contributed by atoms with Gasteiger partial charge in [0.15, 0.2) is 0 Å². The highest BCUT2D eigenvalue weighted by Gasteiger charge is 2.34. The van der Waals surface area contributed by atoms with Gasteiger partial charge in [0.05, 0.1) is 4.90 Å². The molecule has 8 heteroatoms. The molecule has 0 aliphatic carbocycles. The smallest absolute Gasteiger partial charge is 0.326 e. The molecule has 7 nitrogen and oxygen atoms in total. The molecule has 0 saturated carbocycles. The van der Waals surface area contributed by atoms with Crippen LogP contribution in [0.5, 0.6) is 0 Å². The molecule has 1 aliphatic rings. The zero-order valence-electron chi connectivity index (χ0n) is 12.4. The first kappa shape index (κ1) is 17.2. The van der Waals surface area contributed by atoms with Crippen LogP contribution in [0.15, 0.2) is 41.8 Å². The summed E-state index contributed by atoms with van der Waals surface area (Å²) in [5.41, 5.74) is 0.152. The summed E-state index contributed by atoms with van der Waals surface area (Å²) in [5.74, 6) is -1.53. The molecule has 2 N–H and O–H groups in total. The molecule has 0 spiro atoms. The average molecular weight is 338 g/mol. The predicted molar refractivity (Wildman–Crippen MR) is 83.5 cm³/mol. The minimum atomic E-state index is -3.74. The quantitative estimate of drug-likeness (QED) is 0.748. The van der Waals surface area contributed by atoms with E-state index < -0.39 is 27.9 Å². The van der Waals surface area contributed by atoms with Crippen molar-refractivity contribution in [2.75, 3.05) is 13.1 Å². The molecule has 0 radical (unpaired) electrons. The van der Waals surface area contributed by atoms with E-state index in [-0.39, 0.29) is 17.0 Å². The number of sulfonamides is 1. The molecule has 2 rings (SSSR count). The van der Waals surface area contributed by atoms with E-state index in [0.717, 1.165) is 0 Å². The number of carboxylic acids is 1. The van der Waals surface area contributed by atoms with Crippen molar-refractivity contribution in [3.05, 3.63) is 42.5 Å². The fourth-order valence-corrected chi connectivity index (χ4v) is 3.52. The third-order valence-corrected chi connectivity index (χ3v) is 5.03. The summed E-state index contributed by atoms with van der Waals surface area (Å²) < 4.78 is 26.5. The topological polar surface area (TPSA) is 104 Å². The monoisotopic (exact) mass is 338 g/mol. The number of carbonyl (C=O) groups is 2. The number of likely N-dealkylation sites (tertiary alicyclic amines) is 1. The normalized spacial score (nSPS) is 17.9. The molecule has 0 unspecified atom stereocenters. The maximum Gasteiger partial charge on any atom is 0.326 e. The Kier molecular flexibility index (Phi) is 5.17. The Morgan fingerprint density at radius 1 is 1.43 bits per heavy atom. The van der Waals surface area contributed by atoms with Crippen molar-refractivity contribution in [1.29, 1.82) is 0 Å². The summed E-state index contributed by atoms with van der Waals surface area (Å²) in [6.45, 7) is 3.86. The summed E-state index contributed by atoms with van der Waals surface area (Å²) in [5, 5.41) is 9.15. The highest BCUT2D eigenvalue weighted by atomic mass is 32.2. The van der Waals surface area contributed by atoms with E-state index in [1.165, 1.54) is 35.2 Å². The molecule has 1 fully saturated rings. The molecule has 1 atom stereocenters. The van der Waals surface area contributed by atoms with Gasteiger partial charge in [-0.05, 0) is 31.0 Å². The summed E-state index contributed by atoms with van der Waals surface area (Å²) in [4.78, 5) is 24.9. The van der Waals surface area contributed by atoms with Crippen molar-refractivity contribution in [2.24, 2.45) is 0 Å². The van der Waals surface area contributed by atoms with Crippen LogP contribution in [0.25, 0.3) is 0 Å². The van der Waals surface area contributed by atoms with Crippen molar-refractivity contribution in [1.82, 2.24) is 9.62 Å². The Morgan fingerprint density at radius 3 is 2.83 bits per heavy atom. The van der Waals surface area contributed by atoms with Crippen LogP contribution in [-0.4, -0.2) is 49.4 Å². The van der Waals surface area contributed by atoms with E-state index in [1.54, 1.807) is 0 Å². The first-order valence-electron chi connectivity index (χ1n) is 7.11. The third kappa shape index (κ3) is 3.77. The molecule has 1 saturated heterocycles. The van der Waals surface area contributed by atoms with Crippen LogP contribution in [0, 0.1) is 0 Å². The number of aliphatic carboxylic acids is 1. The van der Waals surface area contributed by atoms with Crippen molar-refractivity contribution in [2.45, 2.75) is 23.8 Å². The lowest BCUT2D eigenvalue weighted by Gasteiger charge is -2.21. The van der Waals surface area contributed by atoms with Gasteiger partial charge in [-0.1, -0.05) is 12.1 Å². The van der Waals surface area contributed by atoms with Gasteiger partial charge in [-0.15, -0.1) is 6.58 Å². The zero-order valence-corrected chi connectivity index (χ0v) is 13.3. The molecule has 1 aliphatic heterocycles. The molecule has 0 aromatic heterocycles. The Balaban J connectivity index is 2.27. The minimum Gasteiger partial charge on any atom is -0.480 e. The van der Waals surface area contributed by atoms with Crippen molar-refractivity contribution in [3.8, 4) is 0 Å². The SMILES string of the molecule is C=CCNS(=O)(=O)c1cccc(C(=O)N2CCC[C@@H]2C(=O)O)c1. The lowest BCUT2D eigenvalue weighted by atomic mass is 10.1. The lowest BCUT2D eigenvalue weighted by molar-refractivity contribution is -0.141. The number of carboxylic acid groups (broad SMARTS) is 1.